The maximum absolute atomic E-state index is 13.9. The fourth-order valence-corrected chi connectivity index (χ4v) is 4.21. The van der Waals surface area contributed by atoms with Crippen LogP contribution >= 0.6 is 11.6 Å². The highest BCUT2D eigenvalue weighted by atomic mass is 35.5. The van der Waals surface area contributed by atoms with E-state index in [1.165, 1.54) is 21.9 Å². The number of urea groups is 1. The molecule has 178 valence electrons. The van der Waals surface area contributed by atoms with Crippen LogP contribution in [0.2, 0.25) is 5.02 Å². The van der Waals surface area contributed by atoms with Gasteiger partial charge in [-0.15, -0.1) is 0 Å². The molecule has 1 atom stereocenters. The van der Waals surface area contributed by atoms with Gasteiger partial charge in [-0.1, -0.05) is 23.7 Å². The lowest BCUT2D eigenvalue weighted by Gasteiger charge is -2.39. The number of benzene rings is 2. The van der Waals surface area contributed by atoms with Crippen LogP contribution in [0.1, 0.15) is 17.5 Å². The van der Waals surface area contributed by atoms with Gasteiger partial charge in [0, 0.05) is 48.6 Å². The van der Waals surface area contributed by atoms with Gasteiger partial charge in [-0.25, -0.2) is 22.4 Å². The molecule has 0 saturated carbocycles. The van der Waals surface area contributed by atoms with Crippen molar-refractivity contribution < 1.29 is 27.2 Å². The second-order valence-electron chi connectivity index (χ2n) is 8.15. The fraction of sp³-hybridized carbons (Fsp3) is 0.250. The maximum Gasteiger partial charge on any atom is 0.324 e. The molecule has 2 aliphatic rings. The maximum atomic E-state index is 13.9. The van der Waals surface area contributed by atoms with Crippen LogP contribution in [0.25, 0.3) is 0 Å². The van der Waals surface area contributed by atoms with Crippen molar-refractivity contribution in [2.75, 3.05) is 13.6 Å². The minimum atomic E-state index is -1.09. The van der Waals surface area contributed by atoms with Gasteiger partial charge < -0.3 is 10.2 Å². The Morgan fingerprint density at radius 3 is 2.50 bits per heavy atom. The number of likely N-dealkylation sites (N-methyl/N-ethyl adjacent to an activating group) is 1. The third-order valence-corrected chi connectivity index (χ3v) is 6.14. The van der Waals surface area contributed by atoms with Crippen molar-refractivity contribution in [3.63, 3.8) is 0 Å². The van der Waals surface area contributed by atoms with Crippen LogP contribution < -0.4 is 5.32 Å². The van der Waals surface area contributed by atoms with Crippen LogP contribution in [-0.4, -0.2) is 35.3 Å². The fourth-order valence-electron chi connectivity index (χ4n) is 3.98. The van der Waals surface area contributed by atoms with Crippen LogP contribution in [0.4, 0.5) is 22.4 Å². The number of carbonyl (C=O) groups is 2. The molecule has 5 nitrogen and oxygen atoms in total. The molecule has 1 aliphatic heterocycles. The Hall–Kier alpha value is -3.33. The number of fused-ring (bicyclic) bond motifs is 1. The highest BCUT2D eigenvalue weighted by molar-refractivity contribution is 6.31. The van der Waals surface area contributed by atoms with Crippen LogP contribution in [-0.2, 0) is 17.9 Å². The highest BCUT2D eigenvalue weighted by Gasteiger charge is 2.34. The number of amides is 3. The molecule has 1 heterocycles. The van der Waals surface area contributed by atoms with Crippen molar-refractivity contribution in [2.45, 2.75) is 19.5 Å². The summed E-state index contributed by atoms with van der Waals surface area (Å²) in [5.41, 5.74) is 1.44. The van der Waals surface area contributed by atoms with Crippen molar-refractivity contribution >= 4 is 23.5 Å². The molecule has 1 N–H and O–H groups in total. The van der Waals surface area contributed by atoms with Crippen molar-refractivity contribution in [2.24, 2.45) is 5.92 Å². The molecule has 1 saturated heterocycles. The Labute approximate surface area is 198 Å². The van der Waals surface area contributed by atoms with Crippen molar-refractivity contribution in [1.29, 1.82) is 0 Å². The zero-order valence-electron chi connectivity index (χ0n) is 18.0. The number of hydrogen-bond acceptors (Lipinski definition) is 2. The van der Waals surface area contributed by atoms with Gasteiger partial charge >= 0.3 is 6.03 Å². The molecule has 3 amide bonds. The predicted octanol–water partition coefficient (Wildman–Crippen LogP) is 4.91. The first kappa shape index (κ1) is 23.8. The van der Waals surface area contributed by atoms with Crippen molar-refractivity contribution in [1.82, 2.24) is 15.1 Å². The average Bonchev–Trinajstić information content (AvgIpc) is 2.77. The van der Waals surface area contributed by atoms with Gasteiger partial charge in [0.15, 0.2) is 0 Å². The van der Waals surface area contributed by atoms with E-state index in [4.69, 9.17) is 11.6 Å². The number of rotatable bonds is 5. The number of halogens is 5. The summed E-state index contributed by atoms with van der Waals surface area (Å²) in [6.07, 6.45) is 3.79. The van der Waals surface area contributed by atoms with E-state index in [0.29, 0.717) is 36.4 Å². The molecule has 0 radical (unpaired) electrons. The molecule has 34 heavy (non-hydrogen) atoms. The van der Waals surface area contributed by atoms with Crippen LogP contribution in [0, 0.1) is 29.2 Å². The van der Waals surface area contributed by atoms with Crippen LogP contribution in [0.15, 0.2) is 53.8 Å². The summed E-state index contributed by atoms with van der Waals surface area (Å²) < 4.78 is 54.3. The minimum Gasteiger partial charge on any atom is -0.351 e. The molecular formula is C24H20ClF4N3O2. The summed E-state index contributed by atoms with van der Waals surface area (Å²) in [6, 6.07) is 4.67. The van der Waals surface area contributed by atoms with Gasteiger partial charge in [-0.05, 0) is 35.8 Å². The quantitative estimate of drug-likeness (QED) is 0.602. The zero-order valence-corrected chi connectivity index (χ0v) is 18.8. The third-order valence-electron chi connectivity index (χ3n) is 5.79. The van der Waals surface area contributed by atoms with E-state index in [0.717, 1.165) is 11.6 Å². The molecule has 1 aliphatic carbocycles. The summed E-state index contributed by atoms with van der Waals surface area (Å²) in [4.78, 5) is 28.6. The SMILES string of the molecule is CN1CC2=CCC(C(=O)NCc3c(F)cc(F)cc3F)C=C2N(Cc2ccc(F)cc2Cl)C1=O. The number of allylic oxidation sites excluding steroid dienone is 1. The van der Waals surface area contributed by atoms with Crippen molar-refractivity contribution in [3.05, 3.63) is 93.2 Å². The van der Waals surface area contributed by atoms with Gasteiger partial charge in [-0.2, -0.15) is 0 Å². The first-order valence-corrected chi connectivity index (χ1v) is 10.8. The Kier molecular flexibility index (Phi) is 6.65. The van der Waals surface area contributed by atoms with Crippen LogP contribution in [0.5, 0.6) is 0 Å². The number of nitrogens with one attached hydrogen (secondary N) is 1. The topological polar surface area (TPSA) is 52.7 Å². The molecule has 1 fully saturated rings. The Morgan fingerprint density at radius 2 is 1.82 bits per heavy atom. The molecule has 1 unspecified atom stereocenters. The van der Waals surface area contributed by atoms with E-state index in [2.05, 4.69) is 5.32 Å². The van der Waals surface area contributed by atoms with E-state index >= 15 is 0 Å². The Bertz CT molecular complexity index is 1210. The summed E-state index contributed by atoms with van der Waals surface area (Å²) in [6.45, 7) is -0.0476. The number of nitrogens with zero attached hydrogens (tertiary/aromatic N) is 2. The van der Waals surface area contributed by atoms with Gasteiger partial charge in [0.1, 0.15) is 23.3 Å². The van der Waals surface area contributed by atoms with Crippen molar-refractivity contribution in [3.8, 4) is 0 Å². The molecule has 0 spiro atoms. The molecule has 4 rings (SSSR count). The van der Waals surface area contributed by atoms with Gasteiger partial charge in [0.05, 0.1) is 12.5 Å². The lowest BCUT2D eigenvalue weighted by atomic mass is 9.91. The molecule has 2 aromatic carbocycles. The summed E-state index contributed by atoms with van der Waals surface area (Å²) in [5.74, 6) is -4.94. The minimum absolute atomic E-state index is 0.0613. The number of carbonyl (C=O) groups excluding carboxylic acids is 2. The molecule has 0 bridgehead atoms. The van der Waals surface area contributed by atoms with E-state index in [1.807, 2.05) is 6.08 Å². The summed E-state index contributed by atoms with van der Waals surface area (Å²) in [5, 5.41) is 2.64. The highest BCUT2D eigenvalue weighted by Crippen LogP contribution is 2.33. The van der Waals surface area contributed by atoms with E-state index in [9.17, 15) is 27.2 Å². The Balaban J connectivity index is 1.55. The normalized spacial score (nSPS) is 17.8. The lowest BCUT2D eigenvalue weighted by Crippen LogP contribution is -2.48. The Morgan fingerprint density at radius 1 is 1.12 bits per heavy atom. The van der Waals surface area contributed by atoms with Gasteiger partial charge in [-0.3, -0.25) is 9.69 Å². The van der Waals surface area contributed by atoms with Gasteiger partial charge in [0.25, 0.3) is 0 Å². The van der Waals surface area contributed by atoms with E-state index < -0.39 is 47.2 Å². The monoisotopic (exact) mass is 493 g/mol. The largest absolute Gasteiger partial charge is 0.351 e. The second kappa shape index (κ2) is 9.50. The first-order chi connectivity index (χ1) is 16.1. The molecule has 0 aromatic heterocycles. The lowest BCUT2D eigenvalue weighted by molar-refractivity contribution is -0.123. The first-order valence-electron chi connectivity index (χ1n) is 10.4. The average molecular weight is 494 g/mol. The van der Waals surface area contributed by atoms with Crippen LogP contribution in [0.3, 0.4) is 0 Å². The third kappa shape index (κ3) is 4.79. The molecular weight excluding hydrogens is 474 g/mol. The molecule has 10 heteroatoms. The van der Waals surface area contributed by atoms with E-state index in [-0.39, 0.29) is 17.6 Å². The smallest absolute Gasteiger partial charge is 0.324 e. The molecule has 2 aromatic rings. The second-order valence-corrected chi connectivity index (χ2v) is 8.56. The number of hydrogen-bond donors (Lipinski definition) is 1. The standard InChI is InChI=1S/C24H20ClF4N3O2/c1-31-11-15-3-2-13(23(33)30-10-18-20(28)8-17(27)9-21(18)29)6-22(15)32(24(31)34)12-14-4-5-16(26)7-19(14)25/h3-9,13H,2,10-12H2,1H3,(H,30,33). The predicted molar refractivity (Wildman–Crippen MR) is 117 cm³/mol. The van der Waals surface area contributed by atoms with E-state index in [1.54, 1.807) is 13.1 Å². The zero-order chi connectivity index (χ0) is 24.6. The van der Waals surface area contributed by atoms with Gasteiger partial charge in [0.2, 0.25) is 5.91 Å². The summed E-state index contributed by atoms with van der Waals surface area (Å²) in [7, 11) is 1.64. The summed E-state index contributed by atoms with van der Waals surface area (Å²) >= 11 is 6.15.